The number of fused-ring (bicyclic) bond motifs is 1. The summed E-state index contributed by atoms with van der Waals surface area (Å²) >= 11 is 0. The molecule has 9 heteroatoms. The van der Waals surface area contributed by atoms with E-state index in [2.05, 4.69) is 36.5 Å². The summed E-state index contributed by atoms with van der Waals surface area (Å²) in [5.41, 5.74) is -0.0488. The molecule has 5 rings (SSSR count). The van der Waals surface area contributed by atoms with Crippen molar-refractivity contribution in [2.24, 2.45) is 5.92 Å². The van der Waals surface area contributed by atoms with Gasteiger partial charge in [0.1, 0.15) is 0 Å². The highest BCUT2D eigenvalue weighted by molar-refractivity contribution is 5.95. The number of nitrogens with zero attached hydrogens (tertiary/aromatic N) is 2. The molecule has 0 atom stereocenters. The van der Waals surface area contributed by atoms with Gasteiger partial charge >= 0.3 is 12.4 Å². The van der Waals surface area contributed by atoms with E-state index in [-0.39, 0.29) is 17.3 Å². The van der Waals surface area contributed by atoms with Crippen LogP contribution in [0.25, 0.3) is 22.2 Å². The molecule has 1 N–H and O–H groups in total. The molecule has 1 aromatic heterocycles. The summed E-state index contributed by atoms with van der Waals surface area (Å²) in [7, 11) is 4.49. The van der Waals surface area contributed by atoms with Gasteiger partial charge in [-0.2, -0.15) is 26.3 Å². The number of anilines is 2. The maximum Gasteiger partial charge on any atom is 0.416 e. The van der Waals surface area contributed by atoms with Crippen LogP contribution in [-0.2, 0) is 18.8 Å². The van der Waals surface area contributed by atoms with Crippen molar-refractivity contribution < 1.29 is 30.8 Å². The number of benzene rings is 3. The molecule has 2 heterocycles. The number of likely N-dealkylation sites (tertiary alicyclic amines) is 1. The standard InChI is InChI=1S/C31H30F6N3/c1-40(2)12-10-20(11-13-40)14-21-6-5-7-25(15-21)38-29-19-28(39-27-9-4-3-8-26(27)29)22-16-23(30(32,33)34)18-24(17-22)31(35,36)37/h3-9,15-20H,10-14H2,1-2H3,(H,38,39)/q+1. The van der Waals surface area contributed by atoms with Crippen molar-refractivity contribution in [2.75, 3.05) is 32.5 Å². The van der Waals surface area contributed by atoms with Gasteiger partial charge in [0, 0.05) is 16.6 Å². The summed E-state index contributed by atoms with van der Waals surface area (Å²) in [4.78, 5) is 4.42. The van der Waals surface area contributed by atoms with Crippen LogP contribution in [-0.4, -0.2) is 36.7 Å². The zero-order chi connectivity index (χ0) is 28.7. The zero-order valence-electron chi connectivity index (χ0n) is 22.2. The molecule has 1 saturated heterocycles. The van der Waals surface area contributed by atoms with Crippen LogP contribution >= 0.6 is 0 Å². The van der Waals surface area contributed by atoms with Gasteiger partial charge in [0.05, 0.1) is 55.2 Å². The minimum Gasteiger partial charge on any atom is -0.355 e. The molecule has 0 aliphatic carbocycles. The maximum absolute atomic E-state index is 13.5. The van der Waals surface area contributed by atoms with Crippen LogP contribution in [0.4, 0.5) is 37.7 Å². The molecule has 0 saturated carbocycles. The third kappa shape index (κ3) is 6.41. The van der Waals surface area contributed by atoms with E-state index in [1.807, 2.05) is 18.2 Å². The van der Waals surface area contributed by atoms with Gasteiger partial charge in [-0.25, -0.2) is 4.98 Å². The minimum atomic E-state index is -4.94. The second-order valence-electron chi connectivity index (χ2n) is 11.2. The number of alkyl halides is 6. The first-order chi connectivity index (χ1) is 18.8. The topological polar surface area (TPSA) is 24.9 Å². The molecule has 1 fully saturated rings. The Hall–Kier alpha value is -3.59. The minimum absolute atomic E-state index is 0.0110. The Bertz CT molecular complexity index is 1480. The normalized spacial score (nSPS) is 16.3. The Kier molecular flexibility index (Phi) is 7.29. The monoisotopic (exact) mass is 558 g/mol. The average Bonchev–Trinajstić information content (AvgIpc) is 2.89. The molecule has 0 amide bonds. The SMILES string of the molecule is C[N+]1(C)CCC(Cc2cccc(Nc3cc(-c4cc(C(F)(F)F)cc(C(F)(F)F)c4)nc4ccccc34)c2)CC1. The number of quaternary nitrogens is 1. The molecule has 0 radical (unpaired) electrons. The fraction of sp³-hybridized carbons (Fsp3) is 0.323. The van der Waals surface area contributed by atoms with Crippen LogP contribution < -0.4 is 5.32 Å². The first kappa shape index (κ1) is 28.0. The number of para-hydroxylation sites is 1. The van der Waals surface area contributed by atoms with Crippen LogP contribution in [0.1, 0.15) is 29.5 Å². The van der Waals surface area contributed by atoms with Crippen molar-refractivity contribution in [3.63, 3.8) is 0 Å². The van der Waals surface area contributed by atoms with Crippen LogP contribution in [0.15, 0.2) is 72.8 Å². The highest BCUT2D eigenvalue weighted by atomic mass is 19.4. The molecule has 40 heavy (non-hydrogen) atoms. The van der Waals surface area contributed by atoms with Crippen LogP contribution in [0.2, 0.25) is 0 Å². The number of hydrogen-bond acceptors (Lipinski definition) is 2. The molecule has 4 aromatic rings. The summed E-state index contributed by atoms with van der Waals surface area (Å²) in [6.07, 6.45) is -6.63. The predicted molar refractivity (Wildman–Crippen MR) is 145 cm³/mol. The van der Waals surface area contributed by atoms with Crippen molar-refractivity contribution in [1.82, 2.24) is 4.98 Å². The van der Waals surface area contributed by atoms with E-state index in [0.29, 0.717) is 34.6 Å². The van der Waals surface area contributed by atoms with Crippen LogP contribution in [0, 0.1) is 5.92 Å². The molecule has 1 aliphatic heterocycles. The molecule has 0 unspecified atom stereocenters. The van der Waals surface area contributed by atoms with Gasteiger partial charge in [0.2, 0.25) is 0 Å². The summed E-state index contributed by atoms with van der Waals surface area (Å²) in [6, 6.07) is 18.1. The van der Waals surface area contributed by atoms with Crippen molar-refractivity contribution in [3.8, 4) is 11.3 Å². The van der Waals surface area contributed by atoms with Gasteiger partial charge in [0.15, 0.2) is 0 Å². The molecule has 3 nitrogen and oxygen atoms in total. The quantitative estimate of drug-likeness (QED) is 0.196. The van der Waals surface area contributed by atoms with Crippen LogP contribution in [0.5, 0.6) is 0 Å². The average molecular weight is 559 g/mol. The maximum atomic E-state index is 13.5. The van der Waals surface area contributed by atoms with Crippen molar-refractivity contribution in [2.45, 2.75) is 31.6 Å². The van der Waals surface area contributed by atoms with Crippen molar-refractivity contribution in [1.29, 1.82) is 0 Å². The second-order valence-corrected chi connectivity index (χ2v) is 11.2. The van der Waals surface area contributed by atoms with Gasteiger partial charge in [-0.1, -0.05) is 30.3 Å². The van der Waals surface area contributed by atoms with E-state index < -0.39 is 23.5 Å². The van der Waals surface area contributed by atoms with Gasteiger partial charge in [0.25, 0.3) is 0 Å². The Morgan fingerprint density at radius 2 is 1.45 bits per heavy atom. The molecule has 1 aliphatic rings. The number of piperidine rings is 1. The van der Waals surface area contributed by atoms with Gasteiger partial charge in [-0.15, -0.1) is 0 Å². The lowest BCUT2D eigenvalue weighted by Crippen LogP contribution is -2.46. The molecule has 0 spiro atoms. The first-order valence-electron chi connectivity index (χ1n) is 13.1. The molecule has 3 aromatic carbocycles. The highest BCUT2D eigenvalue weighted by Gasteiger charge is 2.37. The summed E-state index contributed by atoms with van der Waals surface area (Å²) in [6.45, 7) is 2.28. The molecule has 0 bridgehead atoms. The lowest BCUT2D eigenvalue weighted by Gasteiger charge is -2.37. The van der Waals surface area contributed by atoms with Gasteiger partial charge in [-0.05, 0) is 73.2 Å². The third-order valence-corrected chi connectivity index (χ3v) is 7.62. The Morgan fingerprint density at radius 1 is 0.800 bits per heavy atom. The summed E-state index contributed by atoms with van der Waals surface area (Å²) in [5.74, 6) is 0.596. The Morgan fingerprint density at radius 3 is 2.10 bits per heavy atom. The van der Waals surface area contributed by atoms with E-state index in [4.69, 9.17) is 0 Å². The fourth-order valence-electron chi connectivity index (χ4n) is 5.32. The third-order valence-electron chi connectivity index (χ3n) is 7.62. The lowest BCUT2D eigenvalue weighted by atomic mass is 9.89. The van der Waals surface area contributed by atoms with E-state index in [1.165, 1.54) is 11.6 Å². The molecular formula is C31H30F6N3+. The molecule has 210 valence electrons. The van der Waals surface area contributed by atoms with Crippen molar-refractivity contribution in [3.05, 3.63) is 89.5 Å². The van der Waals surface area contributed by atoms with E-state index in [9.17, 15) is 26.3 Å². The number of hydrogen-bond donors (Lipinski definition) is 1. The van der Waals surface area contributed by atoms with E-state index in [0.717, 1.165) is 42.5 Å². The molecular weight excluding hydrogens is 528 g/mol. The Balaban J connectivity index is 1.50. The highest BCUT2D eigenvalue weighted by Crippen LogP contribution is 2.39. The number of rotatable bonds is 5. The van der Waals surface area contributed by atoms with Gasteiger partial charge in [-0.3, -0.25) is 0 Å². The summed E-state index contributed by atoms with van der Waals surface area (Å²) in [5, 5.41) is 4.05. The van der Waals surface area contributed by atoms with E-state index >= 15 is 0 Å². The zero-order valence-corrected chi connectivity index (χ0v) is 22.2. The van der Waals surface area contributed by atoms with Crippen molar-refractivity contribution >= 4 is 22.3 Å². The largest absolute Gasteiger partial charge is 0.416 e. The number of pyridine rings is 1. The number of aromatic nitrogens is 1. The number of halogens is 6. The fourth-order valence-corrected chi connectivity index (χ4v) is 5.32. The smallest absolute Gasteiger partial charge is 0.355 e. The number of nitrogens with one attached hydrogen (secondary N) is 1. The predicted octanol–water partition coefficient (Wildman–Crippen LogP) is 8.71. The van der Waals surface area contributed by atoms with Gasteiger partial charge < -0.3 is 9.80 Å². The van der Waals surface area contributed by atoms with E-state index in [1.54, 1.807) is 18.2 Å². The Labute approximate surface area is 229 Å². The second kappa shape index (κ2) is 10.4. The summed E-state index contributed by atoms with van der Waals surface area (Å²) < 4.78 is 82.1. The first-order valence-corrected chi connectivity index (χ1v) is 13.1. The lowest BCUT2D eigenvalue weighted by molar-refractivity contribution is -0.896. The van der Waals surface area contributed by atoms with Crippen LogP contribution in [0.3, 0.4) is 0 Å².